The minimum Gasteiger partial charge on any atom is -0.390 e. The zero-order chi connectivity index (χ0) is 24.0. The van der Waals surface area contributed by atoms with Crippen LogP contribution in [0.5, 0.6) is 0 Å². The Morgan fingerprint density at radius 3 is 2.56 bits per heavy atom. The average molecular weight is 485 g/mol. The van der Waals surface area contributed by atoms with Gasteiger partial charge in [-0.05, 0) is 63.1 Å². The number of fused-ring (bicyclic) bond motifs is 2. The van der Waals surface area contributed by atoms with Gasteiger partial charge in [0.05, 0.1) is 22.8 Å². The second-order valence-electron chi connectivity index (χ2n) is 10.5. The van der Waals surface area contributed by atoms with Gasteiger partial charge in [-0.1, -0.05) is 24.4 Å². The molecule has 2 fully saturated rings. The Balaban J connectivity index is 1.42. The minimum absolute atomic E-state index is 0.103. The van der Waals surface area contributed by atoms with Crippen LogP contribution in [0.1, 0.15) is 46.0 Å². The Morgan fingerprint density at radius 1 is 1.18 bits per heavy atom. The minimum atomic E-state index is -0.852. The maximum atomic E-state index is 12.8. The molecule has 0 radical (unpaired) electrons. The van der Waals surface area contributed by atoms with Crippen LogP contribution >= 0.6 is 11.6 Å². The molecule has 1 saturated heterocycles. The highest BCUT2D eigenvalue weighted by Crippen LogP contribution is 2.38. The number of nitrogens with zero attached hydrogens (tertiary/aromatic N) is 5. The standard InChI is InChI=1S/C25H33ClN6O2/c1-25(2,34)10-11-32-21-12-18(8-9-20(21)30(3)24(32)33)28-22-19(26)13-27-23(29-22)31-14-16-6-4-5-7-17(16)15-31/h8-9,12-13,16-17,34H,4-7,10-11,14-15H2,1-3H3,(H,27,28,29)/t16-,17+. The topological polar surface area (TPSA) is 88.2 Å². The summed E-state index contributed by atoms with van der Waals surface area (Å²) in [7, 11) is 1.76. The number of aryl methyl sites for hydroxylation is 2. The molecule has 0 spiro atoms. The summed E-state index contributed by atoms with van der Waals surface area (Å²) >= 11 is 6.46. The molecule has 2 aromatic heterocycles. The van der Waals surface area contributed by atoms with Crippen molar-refractivity contribution in [1.82, 2.24) is 19.1 Å². The molecule has 0 unspecified atom stereocenters. The fourth-order valence-corrected chi connectivity index (χ4v) is 5.53. The molecule has 9 heteroatoms. The van der Waals surface area contributed by atoms with Crippen LogP contribution < -0.4 is 15.9 Å². The van der Waals surface area contributed by atoms with Gasteiger partial charge in [0.1, 0.15) is 5.02 Å². The number of aliphatic hydroxyl groups is 1. The van der Waals surface area contributed by atoms with Crippen LogP contribution in [0.2, 0.25) is 5.02 Å². The zero-order valence-corrected chi connectivity index (χ0v) is 20.8. The first kappa shape index (κ1) is 23.2. The van der Waals surface area contributed by atoms with Gasteiger partial charge in [-0.15, -0.1) is 0 Å². The van der Waals surface area contributed by atoms with E-state index in [2.05, 4.69) is 15.2 Å². The molecule has 1 saturated carbocycles. The molecular formula is C25H33ClN6O2. The second kappa shape index (κ2) is 8.89. The third-order valence-corrected chi connectivity index (χ3v) is 7.62. The Labute approximate surface area is 204 Å². The zero-order valence-electron chi connectivity index (χ0n) is 20.1. The number of anilines is 3. The summed E-state index contributed by atoms with van der Waals surface area (Å²) in [6.07, 6.45) is 7.38. The fourth-order valence-electron chi connectivity index (χ4n) is 5.39. The summed E-state index contributed by atoms with van der Waals surface area (Å²) in [4.78, 5) is 24.4. The van der Waals surface area contributed by atoms with Gasteiger partial charge in [0.2, 0.25) is 5.95 Å². The van der Waals surface area contributed by atoms with E-state index in [1.807, 2.05) is 18.2 Å². The van der Waals surface area contributed by atoms with Crippen LogP contribution in [-0.4, -0.2) is 42.9 Å². The summed E-state index contributed by atoms with van der Waals surface area (Å²) in [5, 5.41) is 13.9. The normalized spacial score (nSPS) is 20.7. The third kappa shape index (κ3) is 4.53. The van der Waals surface area contributed by atoms with Crippen molar-refractivity contribution in [3.8, 4) is 0 Å². The predicted octanol–water partition coefficient (Wildman–Crippen LogP) is 4.31. The molecule has 2 N–H and O–H groups in total. The van der Waals surface area contributed by atoms with Gasteiger partial charge in [0, 0.05) is 32.4 Å². The van der Waals surface area contributed by atoms with Crippen LogP contribution in [0.25, 0.3) is 11.0 Å². The highest BCUT2D eigenvalue weighted by atomic mass is 35.5. The lowest BCUT2D eigenvalue weighted by molar-refractivity contribution is 0.0662. The number of aromatic nitrogens is 4. The van der Waals surface area contributed by atoms with Crippen molar-refractivity contribution >= 4 is 40.1 Å². The molecule has 34 heavy (non-hydrogen) atoms. The number of nitrogens with one attached hydrogen (secondary N) is 1. The summed E-state index contributed by atoms with van der Waals surface area (Å²) < 4.78 is 3.34. The molecule has 5 rings (SSSR count). The summed E-state index contributed by atoms with van der Waals surface area (Å²) in [6, 6.07) is 5.77. The Kier molecular flexibility index (Phi) is 6.06. The van der Waals surface area contributed by atoms with Gasteiger partial charge in [-0.25, -0.2) is 9.78 Å². The van der Waals surface area contributed by atoms with Crippen molar-refractivity contribution in [3.63, 3.8) is 0 Å². The second-order valence-corrected chi connectivity index (χ2v) is 10.9. The Morgan fingerprint density at radius 2 is 1.88 bits per heavy atom. The quantitative estimate of drug-likeness (QED) is 0.542. The van der Waals surface area contributed by atoms with Crippen LogP contribution in [0, 0.1) is 11.8 Å². The molecule has 0 amide bonds. The van der Waals surface area contributed by atoms with Gasteiger partial charge in [0.25, 0.3) is 0 Å². The molecule has 1 aliphatic heterocycles. The molecule has 1 aliphatic carbocycles. The van der Waals surface area contributed by atoms with Crippen molar-refractivity contribution in [2.24, 2.45) is 18.9 Å². The van der Waals surface area contributed by atoms with Crippen molar-refractivity contribution in [3.05, 3.63) is 39.9 Å². The number of rotatable bonds is 6. The number of hydrogen-bond donors (Lipinski definition) is 2. The molecule has 182 valence electrons. The fraction of sp³-hybridized carbons (Fsp3) is 0.560. The maximum Gasteiger partial charge on any atom is 0.328 e. The van der Waals surface area contributed by atoms with Crippen molar-refractivity contribution < 1.29 is 5.11 Å². The van der Waals surface area contributed by atoms with Gasteiger partial charge >= 0.3 is 5.69 Å². The molecule has 1 aromatic carbocycles. The number of hydrogen-bond acceptors (Lipinski definition) is 6. The van der Waals surface area contributed by atoms with Gasteiger partial charge in [0.15, 0.2) is 5.82 Å². The Bertz CT molecular complexity index is 1250. The summed E-state index contributed by atoms with van der Waals surface area (Å²) in [5.74, 6) is 2.75. The van der Waals surface area contributed by atoms with Gasteiger partial charge in [-0.3, -0.25) is 9.13 Å². The van der Waals surface area contributed by atoms with Gasteiger partial charge in [-0.2, -0.15) is 4.98 Å². The smallest absolute Gasteiger partial charge is 0.328 e. The molecule has 2 aliphatic rings. The largest absolute Gasteiger partial charge is 0.390 e. The number of imidazole rings is 1. The molecule has 3 aromatic rings. The predicted molar refractivity (Wildman–Crippen MR) is 136 cm³/mol. The highest BCUT2D eigenvalue weighted by molar-refractivity contribution is 6.32. The van der Waals surface area contributed by atoms with Crippen LogP contribution in [0.15, 0.2) is 29.2 Å². The first-order valence-corrected chi connectivity index (χ1v) is 12.5. The van der Waals surface area contributed by atoms with E-state index in [-0.39, 0.29) is 5.69 Å². The molecule has 2 atom stereocenters. The third-order valence-electron chi connectivity index (χ3n) is 7.35. The lowest BCUT2D eigenvalue weighted by Gasteiger charge is -2.22. The van der Waals surface area contributed by atoms with E-state index >= 15 is 0 Å². The molecular weight excluding hydrogens is 452 g/mol. The van der Waals surface area contributed by atoms with Crippen molar-refractivity contribution in [2.75, 3.05) is 23.3 Å². The molecule has 3 heterocycles. The molecule has 8 nitrogen and oxygen atoms in total. The highest BCUT2D eigenvalue weighted by Gasteiger charge is 2.35. The Hall–Kier alpha value is -2.58. The maximum absolute atomic E-state index is 12.8. The first-order valence-electron chi connectivity index (χ1n) is 12.2. The number of halogens is 1. The van der Waals surface area contributed by atoms with E-state index in [1.54, 1.807) is 36.2 Å². The SMILES string of the molecule is Cn1c(=O)n(CCC(C)(C)O)c2cc(Nc3nc(N4C[C@H]5CCCC[C@H]5C4)ncc3Cl)ccc21. The van der Waals surface area contributed by atoms with Crippen LogP contribution in [0.3, 0.4) is 0 Å². The molecule has 0 bridgehead atoms. The van der Waals surface area contributed by atoms with Gasteiger partial charge < -0.3 is 15.3 Å². The number of benzene rings is 1. The lowest BCUT2D eigenvalue weighted by Crippen LogP contribution is -2.27. The van der Waals surface area contributed by atoms with Crippen molar-refractivity contribution in [2.45, 2.75) is 58.1 Å². The summed E-state index contributed by atoms with van der Waals surface area (Å²) in [5.41, 5.74) is 1.47. The van der Waals surface area contributed by atoms with E-state index in [9.17, 15) is 9.90 Å². The van der Waals surface area contributed by atoms with Crippen molar-refractivity contribution in [1.29, 1.82) is 0 Å². The summed E-state index contributed by atoms with van der Waals surface area (Å²) in [6.45, 7) is 5.95. The van der Waals surface area contributed by atoms with E-state index in [0.717, 1.165) is 41.6 Å². The lowest BCUT2D eigenvalue weighted by atomic mass is 9.82. The van der Waals surface area contributed by atoms with E-state index in [4.69, 9.17) is 16.6 Å². The van der Waals surface area contributed by atoms with Crippen LogP contribution in [0.4, 0.5) is 17.5 Å². The van der Waals surface area contributed by atoms with E-state index in [0.29, 0.717) is 29.8 Å². The van der Waals surface area contributed by atoms with E-state index < -0.39 is 5.60 Å². The average Bonchev–Trinajstić information content (AvgIpc) is 3.33. The first-order chi connectivity index (χ1) is 16.2. The monoisotopic (exact) mass is 484 g/mol. The van der Waals surface area contributed by atoms with E-state index in [1.165, 1.54) is 25.7 Å². The van der Waals surface area contributed by atoms with Crippen LogP contribution in [-0.2, 0) is 13.6 Å².